The van der Waals surface area contributed by atoms with Crippen molar-refractivity contribution in [1.82, 2.24) is 9.80 Å². The van der Waals surface area contributed by atoms with Crippen molar-refractivity contribution in [1.29, 1.82) is 0 Å². The molecule has 0 aromatic heterocycles. The molecule has 3 aliphatic rings. The second-order valence-corrected chi connectivity index (χ2v) is 10.2. The summed E-state index contributed by atoms with van der Waals surface area (Å²) in [6.07, 6.45) is 6.99. The summed E-state index contributed by atoms with van der Waals surface area (Å²) in [5.74, 6) is -2.62. The maximum absolute atomic E-state index is 14.3. The van der Waals surface area contributed by atoms with Crippen molar-refractivity contribution in [3.63, 3.8) is 0 Å². The average molecular weight is 491 g/mol. The van der Waals surface area contributed by atoms with Crippen LogP contribution in [0.1, 0.15) is 66.2 Å². The molecule has 0 saturated carbocycles. The third-order valence-electron chi connectivity index (χ3n) is 8.37. The number of ether oxygens (including phenoxy) is 2. The lowest BCUT2D eigenvalue weighted by molar-refractivity contribution is -0.163. The summed E-state index contributed by atoms with van der Waals surface area (Å²) in [5.41, 5.74) is -1.97. The van der Waals surface area contributed by atoms with Crippen molar-refractivity contribution in [2.24, 2.45) is 11.8 Å². The lowest BCUT2D eigenvalue weighted by Gasteiger charge is -2.41. The first kappa shape index (κ1) is 27.4. The molecule has 8 heteroatoms. The number of nitrogens with zero attached hydrogens (tertiary/aromatic N) is 2. The van der Waals surface area contributed by atoms with Gasteiger partial charge in [-0.05, 0) is 39.0 Å². The van der Waals surface area contributed by atoms with Gasteiger partial charge in [-0.3, -0.25) is 14.4 Å². The number of likely N-dealkylation sites (tertiary alicyclic amines) is 1. The fourth-order valence-corrected chi connectivity index (χ4v) is 6.69. The Labute approximate surface area is 209 Å². The van der Waals surface area contributed by atoms with E-state index in [1.807, 2.05) is 20.8 Å². The van der Waals surface area contributed by atoms with Gasteiger partial charge in [-0.15, -0.1) is 6.58 Å². The van der Waals surface area contributed by atoms with Crippen LogP contribution in [-0.2, 0) is 23.9 Å². The number of carbonyl (C=O) groups is 3. The van der Waals surface area contributed by atoms with Crippen LogP contribution >= 0.6 is 0 Å². The minimum atomic E-state index is -1.13. The summed E-state index contributed by atoms with van der Waals surface area (Å²) in [7, 11) is 0. The van der Waals surface area contributed by atoms with Gasteiger partial charge in [0.1, 0.15) is 24.2 Å². The third-order valence-corrected chi connectivity index (χ3v) is 8.37. The molecule has 0 aromatic carbocycles. The first-order chi connectivity index (χ1) is 16.7. The minimum absolute atomic E-state index is 0.0466. The molecule has 1 N–H and O–H groups in total. The number of esters is 1. The Balaban J connectivity index is 2.14. The first-order valence-electron chi connectivity index (χ1n) is 13.1. The van der Waals surface area contributed by atoms with Gasteiger partial charge < -0.3 is 24.4 Å². The molecule has 0 aliphatic carbocycles. The van der Waals surface area contributed by atoms with Gasteiger partial charge in [-0.25, -0.2) is 0 Å². The SMILES string of the molecule is C=CCOC(=O)[C@H]1[C@H]2C(=O)N([C@@H](CC)CO)C(C(=O)N(CC=C)C(C)CCC)C23CC[C@]1(CC)O3. The highest BCUT2D eigenvalue weighted by Gasteiger charge is 2.79. The third kappa shape index (κ3) is 4.22. The fourth-order valence-electron chi connectivity index (χ4n) is 6.69. The quantitative estimate of drug-likeness (QED) is 0.315. The normalized spacial score (nSPS) is 32.8. The van der Waals surface area contributed by atoms with E-state index in [1.54, 1.807) is 11.0 Å². The van der Waals surface area contributed by atoms with E-state index in [4.69, 9.17) is 9.47 Å². The smallest absolute Gasteiger partial charge is 0.313 e. The maximum Gasteiger partial charge on any atom is 0.313 e. The summed E-state index contributed by atoms with van der Waals surface area (Å²) in [6, 6.07) is -1.52. The topological polar surface area (TPSA) is 96.4 Å². The zero-order chi connectivity index (χ0) is 26.0. The van der Waals surface area contributed by atoms with Crippen LogP contribution < -0.4 is 0 Å². The predicted octanol–water partition coefficient (Wildman–Crippen LogP) is 2.84. The molecule has 1 spiro atoms. The van der Waals surface area contributed by atoms with E-state index in [0.29, 0.717) is 32.2 Å². The van der Waals surface area contributed by atoms with Crippen molar-refractivity contribution in [2.75, 3.05) is 19.8 Å². The number of aliphatic hydroxyl groups is 1. The predicted molar refractivity (Wildman–Crippen MR) is 132 cm³/mol. The Morgan fingerprint density at radius 1 is 1.29 bits per heavy atom. The molecule has 35 heavy (non-hydrogen) atoms. The van der Waals surface area contributed by atoms with E-state index in [0.717, 1.165) is 12.8 Å². The first-order valence-corrected chi connectivity index (χ1v) is 13.1. The molecule has 2 bridgehead atoms. The van der Waals surface area contributed by atoms with E-state index in [-0.39, 0.29) is 31.1 Å². The van der Waals surface area contributed by atoms with E-state index in [1.165, 1.54) is 11.0 Å². The Bertz CT molecular complexity index is 842. The molecule has 2 amide bonds. The molecule has 3 unspecified atom stereocenters. The number of hydrogen-bond acceptors (Lipinski definition) is 6. The van der Waals surface area contributed by atoms with Crippen LogP contribution in [0, 0.1) is 11.8 Å². The van der Waals surface area contributed by atoms with Gasteiger partial charge in [0.2, 0.25) is 11.8 Å². The molecule has 3 fully saturated rings. The number of aliphatic hydroxyl groups excluding tert-OH is 1. The van der Waals surface area contributed by atoms with Crippen molar-refractivity contribution in [3.8, 4) is 0 Å². The molecule has 0 aromatic rings. The molecular weight excluding hydrogens is 448 g/mol. The highest BCUT2D eigenvalue weighted by molar-refractivity contribution is 5.99. The fraction of sp³-hybridized carbons (Fsp3) is 0.741. The molecule has 8 nitrogen and oxygen atoms in total. The largest absolute Gasteiger partial charge is 0.461 e. The van der Waals surface area contributed by atoms with Crippen molar-refractivity contribution >= 4 is 17.8 Å². The highest BCUT2D eigenvalue weighted by Crippen LogP contribution is 2.65. The Morgan fingerprint density at radius 2 is 2.00 bits per heavy atom. The Morgan fingerprint density at radius 3 is 2.54 bits per heavy atom. The lowest BCUT2D eigenvalue weighted by atomic mass is 9.65. The standard InChI is InChI=1S/C27H42N2O6/c1-7-12-18(6)28(15-8-2)24(32)22-27-14-13-26(11-5,35-27)21(25(33)34-16-9-3)20(27)23(31)29(22)19(10-4)17-30/h8-9,18-22,30H,2-3,7,10-17H2,1,4-6H3/t18?,19-,20-,21+,22?,26-,27?/m0/s1. The number of fused-ring (bicyclic) bond motifs is 1. The second kappa shape index (κ2) is 10.8. The molecule has 3 rings (SSSR count). The monoisotopic (exact) mass is 490 g/mol. The van der Waals surface area contributed by atoms with Gasteiger partial charge in [-0.1, -0.05) is 45.9 Å². The molecule has 7 atom stereocenters. The molecule has 3 heterocycles. The van der Waals surface area contributed by atoms with Crippen LogP contribution in [0.4, 0.5) is 0 Å². The van der Waals surface area contributed by atoms with E-state index in [9.17, 15) is 19.5 Å². The molecule has 0 radical (unpaired) electrons. The Kier molecular flexibility index (Phi) is 8.48. The summed E-state index contributed by atoms with van der Waals surface area (Å²) in [4.78, 5) is 45.0. The van der Waals surface area contributed by atoms with E-state index < -0.39 is 41.1 Å². The molecule has 3 saturated heterocycles. The van der Waals surface area contributed by atoms with E-state index >= 15 is 0 Å². The molecule has 196 valence electrons. The van der Waals surface area contributed by atoms with Crippen LogP contribution in [0.2, 0.25) is 0 Å². The van der Waals surface area contributed by atoms with Gasteiger partial charge in [0, 0.05) is 12.6 Å². The summed E-state index contributed by atoms with van der Waals surface area (Å²) in [5, 5.41) is 10.2. The van der Waals surface area contributed by atoms with Gasteiger partial charge in [0.25, 0.3) is 0 Å². The van der Waals surface area contributed by atoms with Crippen molar-refractivity contribution in [3.05, 3.63) is 25.3 Å². The van der Waals surface area contributed by atoms with Gasteiger partial charge in [-0.2, -0.15) is 0 Å². The van der Waals surface area contributed by atoms with Gasteiger partial charge in [0.05, 0.1) is 24.2 Å². The van der Waals surface area contributed by atoms with Gasteiger partial charge >= 0.3 is 5.97 Å². The molecule has 3 aliphatic heterocycles. The zero-order valence-corrected chi connectivity index (χ0v) is 21.7. The van der Waals surface area contributed by atoms with Crippen LogP contribution in [0.25, 0.3) is 0 Å². The Hall–Kier alpha value is -2.19. The second-order valence-electron chi connectivity index (χ2n) is 10.2. The molecular formula is C27H42N2O6. The average Bonchev–Trinajstić information content (AvgIpc) is 3.45. The number of rotatable bonds is 13. The van der Waals surface area contributed by atoms with Crippen LogP contribution in [0.5, 0.6) is 0 Å². The number of carbonyl (C=O) groups excluding carboxylic acids is 3. The summed E-state index contributed by atoms with van der Waals surface area (Å²) in [6.45, 7) is 15.5. The number of hydrogen-bond donors (Lipinski definition) is 1. The summed E-state index contributed by atoms with van der Waals surface area (Å²) >= 11 is 0. The summed E-state index contributed by atoms with van der Waals surface area (Å²) < 4.78 is 12.2. The minimum Gasteiger partial charge on any atom is -0.461 e. The maximum atomic E-state index is 14.3. The zero-order valence-electron chi connectivity index (χ0n) is 21.7. The van der Waals surface area contributed by atoms with Crippen LogP contribution in [0.15, 0.2) is 25.3 Å². The lowest BCUT2D eigenvalue weighted by Crippen LogP contribution is -2.60. The van der Waals surface area contributed by atoms with Crippen molar-refractivity contribution < 1.29 is 29.0 Å². The highest BCUT2D eigenvalue weighted by atomic mass is 16.6. The van der Waals surface area contributed by atoms with Crippen LogP contribution in [0.3, 0.4) is 0 Å². The van der Waals surface area contributed by atoms with Gasteiger partial charge in [0.15, 0.2) is 0 Å². The number of amides is 2. The van der Waals surface area contributed by atoms with Crippen molar-refractivity contribution in [2.45, 2.75) is 95.5 Å². The van der Waals surface area contributed by atoms with E-state index in [2.05, 4.69) is 20.1 Å². The van der Waals surface area contributed by atoms with Crippen LogP contribution in [-0.4, -0.2) is 81.8 Å².